The molecule has 150 valence electrons. The Hall–Kier alpha value is -2.30. The Morgan fingerprint density at radius 3 is 2.43 bits per heavy atom. The molecule has 0 radical (unpaired) electrons. The molecule has 0 aromatic heterocycles. The topological polar surface area (TPSA) is 38.8 Å². The lowest BCUT2D eigenvalue weighted by molar-refractivity contribution is 0.0965. The van der Waals surface area contributed by atoms with Crippen LogP contribution in [-0.4, -0.2) is 44.5 Å². The van der Waals surface area contributed by atoms with E-state index in [9.17, 15) is 4.79 Å². The molecule has 1 aliphatic heterocycles. The number of benzene rings is 2. The lowest BCUT2D eigenvalue weighted by Crippen LogP contribution is -2.31. The van der Waals surface area contributed by atoms with Crippen molar-refractivity contribution >= 4 is 18.2 Å². The fourth-order valence-electron chi connectivity index (χ4n) is 3.39. The van der Waals surface area contributed by atoms with E-state index in [4.69, 9.17) is 9.47 Å². The van der Waals surface area contributed by atoms with Crippen LogP contribution in [0.3, 0.4) is 0 Å². The second kappa shape index (κ2) is 10.9. The van der Waals surface area contributed by atoms with Crippen LogP contribution in [0.2, 0.25) is 0 Å². The van der Waals surface area contributed by atoms with Crippen molar-refractivity contribution in [2.24, 2.45) is 0 Å². The van der Waals surface area contributed by atoms with Gasteiger partial charge < -0.3 is 9.47 Å². The Bertz CT molecular complexity index is 805. The highest BCUT2D eigenvalue weighted by Gasteiger charge is 2.15. The summed E-state index contributed by atoms with van der Waals surface area (Å²) in [6.45, 7) is 2.71. The summed E-state index contributed by atoms with van der Waals surface area (Å²) in [5.41, 5.74) is 3.52. The zero-order valence-corrected chi connectivity index (χ0v) is 17.3. The van der Waals surface area contributed by atoms with Crippen molar-refractivity contribution in [3.63, 3.8) is 0 Å². The van der Waals surface area contributed by atoms with Gasteiger partial charge in [0.05, 0.1) is 14.2 Å². The average molecular weight is 402 g/mol. The fraction of sp³-hybridized carbons (Fsp3) is 0.348. The minimum absolute atomic E-state index is 0. The van der Waals surface area contributed by atoms with Gasteiger partial charge in [-0.05, 0) is 36.6 Å². The zero-order valence-electron chi connectivity index (χ0n) is 16.5. The maximum absolute atomic E-state index is 12.5. The lowest BCUT2D eigenvalue weighted by Gasteiger charge is -2.26. The molecular formula is C23H28ClNO3. The molecule has 2 aromatic carbocycles. The van der Waals surface area contributed by atoms with E-state index in [0.717, 1.165) is 32.5 Å². The van der Waals surface area contributed by atoms with E-state index in [1.165, 1.54) is 11.1 Å². The SMILES string of the molecule is COc1ccc(C(=O)CCN2CC=C(Cc3ccccc3)CC2)cc1OC.Cl. The van der Waals surface area contributed by atoms with Gasteiger partial charge >= 0.3 is 0 Å². The smallest absolute Gasteiger partial charge is 0.164 e. The number of carbonyl (C=O) groups excluding carboxylic acids is 1. The number of nitrogens with zero attached hydrogens (tertiary/aromatic N) is 1. The third kappa shape index (κ3) is 5.85. The van der Waals surface area contributed by atoms with Crippen LogP contribution in [0, 0.1) is 0 Å². The Balaban J connectivity index is 0.00000280. The van der Waals surface area contributed by atoms with Gasteiger partial charge in [0, 0.05) is 31.6 Å². The van der Waals surface area contributed by atoms with Crippen molar-refractivity contribution in [1.82, 2.24) is 4.90 Å². The highest BCUT2D eigenvalue weighted by atomic mass is 35.5. The number of hydrogen-bond donors (Lipinski definition) is 0. The number of ether oxygens (including phenoxy) is 2. The normalized spacial score (nSPS) is 14.0. The summed E-state index contributed by atoms with van der Waals surface area (Å²) in [5, 5.41) is 0. The molecule has 0 aliphatic carbocycles. The van der Waals surface area contributed by atoms with Gasteiger partial charge in [-0.15, -0.1) is 12.4 Å². The van der Waals surface area contributed by atoms with Gasteiger partial charge in [0.25, 0.3) is 0 Å². The largest absolute Gasteiger partial charge is 0.493 e. The first-order valence-electron chi connectivity index (χ1n) is 9.39. The molecule has 28 heavy (non-hydrogen) atoms. The van der Waals surface area contributed by atoms with Crippen LogP contribution in [0.25, 0.3) is 0 Å². The fourth-order valence-corrected chi connectivity index (χ4v) is 3.39. The van der Waals surface area contributed by atoms with Gasteiger partial charge in [0.2, 0.25) is 0 Å². The monoisotopic (exact) mass is 401 g/mol. The van der Waals surface area contributed by atoms with Crippen molar-refractivity contribution < 1.29 is 14.3 Å². The van der Waals surface area contributed by atoms with Crippen molar-refractivity contribution in [2.45, 2.75) is 19.3 Å². The molecule has 0 fully saturated rings. The standard InChI is InChI=1S/C23H27NO3.ClH/c1-26-22-9-8-20(17-23(22)27-2)21(25)12-15-24-13-10-19(11-14-24)16-18-6-4-3-5-7-18;/h3-10,17H,11-16H2,1-2H3;1H. The molecule has 0 amide bonds. The van der Waals surface area contributed by atoms with Gasteiger partial charge in [-0.2, -0.15) is 0 Å². The molecule has 0 unspecified atom stereocenters. The number of hydrogen-bond acceptors (Lipinski definition) is 4. The molecule has 0 saturated carbocycles. The number of halogens is 1. The molecule has 0 spiro atoms. The predicted octanol–water partition coefficient (Wildman–Crippen LogP) is 4.57. The van der Waals surface area contributed by atoms with E-state index < -0.39 is 0 Å². The lowest BCUT2D eigenvalue weighted by atomic mass is 9.99. The molecular weight excluding hydrogens is 374 g/mol. The number of carbonyl (C=O) groups is 1. The molecule has 1 aliphatic rings. The summed E-state index contributed by atoms with van der Waals surface area (Å²) >= 11 is 0. The summed E-state index contributed by atoms with van der Waals surface area (Å²) in [5.74, 6) is 1.37. The minimum Gasteiger partial charge on any atom is -0.493 e. The Kier molecular flexibility index (Phi) is 8.55. The van der Waals surface area contributed by atoms with Gasteiger partial charge in [-0.25, -0.2) is 0 Å². The maximum atomic E-state index is 12.5. The number of methoxy groups -OCH3 is 2. The first kappa shape index (κ1) is 22.0. The number of Topliss-reactive ketones (excluding diaryl/α,β-unsaturated/α-hetero) is 1. The van der Waals surface area contributed by atoms with Crippen LogP contribution in [0.1, 0.15) is 28.8 Å². The predicted molar refractivity (Wildman–Crippen MR) is 115 cm³/mol. The van der Waals surface area contributed by atoms with Gasteiger partial charge in [-0.1, -0.05) is 42.0 Å². The van der Waals surface area contributed by atoms with Crippen molar-refractivity contribution in [1.29, 1.82) is 0 Å². The minimum atomic E-state index is 0. The van der Waals surface area contributed by atoms with E-state index in [-0.39, 0.29) is 18.2 Å². The molecule has 4 nitrogen and oxygen atoms in total. The van der Waals surface area contributed by atoms with Crippen LogP contribution in [0.5, 0.6) is 11.5 Å². The Morgan fingerprint density at radius 2 is 1.79 bits per heavy atom. The molecule has 5 heteroatoms. The van der Waals surface area contributed by atoms with Crippen molar-refractivity contribution in [3.8, 4) is 11.5 Å². The molecule has 0 saturated heterocycles. The second-order valence-electron chi connectivity index (χ2n) is 6.82. The molecule has 1 heterocycles. The molecule has 0 bridgehead atoms. The molecule has 0 atom stereocenters. The first-order chi connectivity index (χ1) is 13.2. The van der Waals surface area contributed by atoms with Gasteiger partial charge in [0.15, 0.2) is 17.3 Å². The van der Waals surface area contributed by atoms with Crippen LogP contribution in [0.15, 0.2) is 60.2 Å². The Labute approximate surface area is 173 Å². The van der Waals surface area contributed by atoms with Crippen LogP contribution >= 0.6 is 12.4 Å². The molecule has 2 aromatic rings. The summed E-state index contributed by atoms with van der Waals surface area (Å²) in [6.07, 6.45) is 4.92. The molecule has 0 N–H and O–H groups in total. The maximum Gasteiger partial charge on any atom is 0.164 e. The third-order valence-corrected chi connectivity index (χ3v) is 5.02. The zero-order chi connectivity index (χ0) is 19.1. The summed E-state index contributed by atoms with van der Waals surface area (Å²) in [4.78, 5) is 14.9. The first-order valence-corrected chi connectivity index (χ1v) is 9.39. The van der Waals surface area contributed by atoms with E-state index in [0.29, 0.717) is 23.5 Å². The van der Waals surface area contributed by atoms with Crippen LogP contribution in [0.4, 0.5) is 0 Å². The van der Waals surface area contributed by atoms with Gasteiger partial charge in [0.1, 0.15) is 0 Å². The highest BCUT2D eigenvalue weighted by molar-refractivity contribution is 5.96. The number of ketones is 1. The quantitative estimate of drug-likeness (QED) is 0.479. The van der Waals surface area contributed by atoms with E-state index in [2.05, 4.69) is 41.3 Å². The van der Waals surface area contributed by atoms with E-state index in [1.807, 2.05) is 0 Å². The van der Waals surface area contributed by atoms with Crippen molar-refractivity contribution in [3.05, 3.63) is 71.3 Å². The van der Waals surface area contributed by atoms with Crippen LogP contribution in [-0.2, 0) is 6.42 Å². The summed E-state index contributed by atoms with van der Waals surface area (Å²) in [7, 11) is 3.18. The van der Waals surface area contributed by atoms with E-state index >= 15 is 0 Å². The average Bonchev–Trinajstić information content (AvgIpc) is 2.73. The number of rotatable bonds is 8. The van der Waals surface area contributed by atoms with Crippen molar-refractivity contribution in [2.75, 3.05) is 33.9 Å². The highest BCUT2D eigenvalue weighted by Crippen LogP contribution is 2.28. The van der Waals surface area contributed by atoms with Gasteiger partial charge in [-0.3, -0.25) is 9.69 Å². The van der Waals surface area contributed by atoms with E-state index in [1.54, 1.807) is 32.4 Å². The Morgan fingerprint density at radius 1 is 1.04 bits per heavy atom. The summed E-state index contributed by atoms with van der Waals surface area (Å²) in [6, 6.07) is 15.9. The third-order valence-electron chi connectivity index (χ3n) is 5.02. The molecule has 3 rings (SSSR count). The van der Waals surface area contributed by atoms with Crippen LogP contribution < -0.4 is 9.47 Å². The summed E-state index contributed by atoms with van der Waals surface area (Å²) < 4.78 is 10.5. The second-order valence-corrected chi connectivity index (χ2v) is 6.82.